The summed E-state index contributed by atoms with van der Waals surface area (Å²) in [7, 11) is 1.65. The molecule has 7 nitrogen and oxygen atoms in total. The molecule has 0 aliphatic heterocycles. The first-order valence-electron chi connectivity index (χ1n) is 11.3. The smallest absolute Gasteiger partial charge is 0.326 e. The number of carbonyl (C=O) groups excluding carboxylic acids is 1. The maximum atomic E-state index is 12.5. The number of hydrogen-bond donors (Lipinski definition) is 2. The van der Waals surface area contributed by atoms with Crippen LogP contribution in [-0.2, 0) is 11.3 Å². The number of amides is 1. The van der Waals surface area contributed by atoms with E-state index >= 15 is 0 Å². The van der Waals surface area contributed by atoms with E-state index in [-0.39, 0.29) is 11.8 Å². The van der Waals surface area contributed by atoms with Gasteiger partial charge in [-0.2, -0.15) is 0 Å². The quantitative estimate of drug-likeness (QED) is 0.397. The van der Waals surface area contributed by atoms with Crippen molar-refractivity contribution in [1.82, 2.24) is 10.3 Å². The second-order valence-electron chi connectivity index (χ2n) is 8.45. The molecule has 0 aliphatic carbocycles. The van der Waals surface area contributed by atoms with Crippen LogP contribution in [0.1, 0.15) is 43.1 Å². The molecule has 0 spiro atoms. The Morgan fingerprint density at radius 2 is 1.91 bits per heavy atom. The molecule has 2 N–H and O–H groups in total. The molecule has 0 aliphatic rings. The lowest BCUT2D eigenvalue weighted by Gasteiger charge is -2.20. The van der Waals surface area contributed by atoms with Crippen LogP contribution in [-0.4, -0.2) is 41.7 Å². The number of nitrogens with zero attached hydrogens (tertiary/aromatic N) is 2. The van der Waals surface area contributed by atoms with Gasteiger partial charge >= 0.3 is 5.97 Å². The summed E-state index contributed by atoms with van der Waals surface area (Å²) < 4.78 is 5.31. The monoisotopic (exact) mass is 481 g/mol. The fourth-order valence-corrected chi connectivity index (χ4v) is 4.46. The number of nitrogens with one attached hydrogen (secondary N) is 1. The third-order valence-corrected chi connectivity index (χ3v) is 6.31. The summed E-state index contributed by atoms with van der Waals surface area (Å²) in [6.07, 6.45) is 0.385. The van der Waals surface area contributed by atoms with Gasteiger partial charge in [-0.05, 0) is 49.1 Å². The van der Waals surface area contributed by atoms with Gasteiger partial charge in [0, 0.05) is 29.6 Å². The Hall–Kier alpha value is -3.39. The lowest BCUT2D eigenvalue weighted by atomic mass is 10.0. The first-order chi connectivity index (χ1) is 16.3. The molecule has 1 heterocycles. The van der Waals surface area contributed by atoms with Crippen molar-refractivity contribution in [2.75, 3.05) is 18.6 Å². The number of methoxy groups -OCH3 is 1. The third-order valence-electron chi connectivity index (χ3n) is 5.41. The van der Waals surface area contributed by atoms with Gasteiger partial charge in [0.2, 0.25) is 0 Å². The second-order valence-corrected chi connectivity index (χ2v) is 9.29. The molecule has 2 aromatic carbocycles. The van der Waals surface area contributed by atoms with Crippen LogP contribution in [0.2, 0.25) is 0 Å². The van der Waals surface area contributed by atoms with Crippen molar-refractivity contribution in [3.63, 3.8) is 0 Å². The first kappa shape index (κ1) is 25.2. The molecule has 1 amide bonds. The lowest BCUT2D eigenvalue weighted by molar-refractivity contribution is -0.139. The first-order valence-corrected chi connectivity index (χ1v) is 12.2. The number of hydrogen-bond acceptors (Lipinski definition) is 6. The molecule has 0 saturated heterocycles. The molecule has 0 fully saturated rings. The van der Waals surface area contributed by atoms with Crippen LogP contribution in [0.4, 0.5) is 5.13 Å². The topological polar surface area (TPSA) is 91.8 Å². The van der Waals surface area contributed by atoms with Crippen LogP contribution < -0.4 is 15.0 Å². The zero-order valence-electron chi connectivity index (χ0n) is 19.9. The van der Waals surface area contributed by atoms with Crippen molar-refractivity contribution in [3.8, 4) is 17.0 Å². The van der Waals surface area contributed by atoms with Crippen LogP contribution in [0, 0.1) is 5.92 Å². The predicted octanol–water partition coefficient (Wildman–Crippen LogP) is 5.07. The van der Waals surface area contributed by atoms with E-state index in [1.165, 1.54) is 0 Å². The number of aliphatic carboxylic acids is 1. The average Bonchev–Trinajstić information content (AvgIpc) is 3.32. The van der Waals surface area contributed by atoms with Gasteiger partial charge in [0.25, 0.3) is 5.91 Å². The van der Waals surface area contributed by atoms with Crippen molar-refractivity contribution in [2.24, 2.45) is 5.92 Å². The number of carboxylic acids is 1. The predicted molar refractivity (Wildman–Crippen MR) is 136 cm³/mol. The lowest BCUT2D eigenvalue weighted by Crippen LogP contribution is -2.41. The Morgan fingerprint density at radius 1 is 1.18 bits per heavy atom. The van der Waals surface area contributed by atoms with Crippen LogP contribution in [0.15, 0.2) is 53.9 Å². The number of benzene rings is 2. The SMILES string of the molecule is CCN(Cc1ccc(C(=O)NC(CC(C)C)C(=O)O)cc1)c1nc(-c2cccc(OC)c2)cs1. The summed E-state index contributed by atoms with van der Waals surface area (Å²) in [5.41, 5.74) is 3.38. The van der Waals surface area contributed by atoms with Gasteiger partial charge in [-0.15, -0.1) is 11.3 Å². The van der Waals surface area contributed by atoms with Crippen molar-refractivity contribution in [1.29, 1.82) is 0 Å². The molecule has 8 heteroatoms. The Morgan fingerprint density at radius 3 is 2.53 bits per heavy atom. The van der Waals surface area contributed by atoms with E-state index in [1.54, 1.807) is 30.6 Å². The van der Waals surface area contributed by atoms with Gasteiger partial charge in [-0.25, -0.2) is 9.78 Å². The molecule has 0 radical (unpaired) electrons. The minimum absolute atomic E-state index is 0.166. The number of carboxylic acid groups (broad SMARTS) is 1. The Labute approximate surface area is 204 Å². The molecule has 0 saturated carbocycles. The minimum atomic E-state index is -1.02. The Kier molecular flexibility index (Phi) is 8.65. The normalized spacial score (nSPS) is 11.8. The highest BCUT2D eigenvalue weighted by Crippen LogP contribution is 2.30. The highest BCUT2D eigenvalue weighted by atomic mass is 32.1. The van der Waals surface area contributed by atoms with Crippen LogP contribution in [0.5, 0.6) is 5.75 Å². The summed E-state index contributed by atoms with van der Waals surface area (Å²) in [6.45, 7) is 7.36. The average molecular weight is 482 g/mol. The van der Waals surface area contributed by atoms with E-state index in [0.717, 1.165) is 34.2 Å². The second kappa shape index (κ2) is 11.7. The fourth-order valence-electron chi connectivity index (χ4n) is 3.56. The fraction of sp³-hybridized carbons (Fsp3) is 0.346. The van der Waals surface area contributed by atoms with E-state index < -0.39 is 12.0 Å². The summed E-state index contributed by atoms with van der Waals surface area (Å²) in [5.74, 6) is -0.440. The van der Waals surface area contributed by atoms with Crippen LogP contribution in [0.3, 0.4) is 0 Å². The maximum Gasteiger partial charge on any atom is 0.326 e. The number of carbonyl (C=O) groups is 2. The van der Waals surface area contributed by atoms with E-state index in [1.807, 2.05) is 55.6 Å². The van der Waals surface area contributed by atoms with Gasteiger partial charge in [-0.3, -0.25) is 4.79 Å². The summed E-state index contributed by atoms with van der Waals surface area (Å²) in [6, 6.07) is 14.2. The van der Waals surface area contributed by atoms with E-state index in [2.05, 4.69) is 17.1 Å². The number of anilines is 1. The molecule has 0 bridgehead atoms. The summed E-state index contributed by atoms with van der Waals surface area (Å²) >= 11 is 1.59. The molecule has 180 valence electrons. The van der Waals surface area contributed by atoms with Gasteiger partial charge in [0.1, 0.15) is 11.8 Å². The highest BCUT2D eigenvalue weighted by Gasteiger charge is 2.21. The largest absolute Gasteiger partial charge is 0.497 e. The zero-order valence-corrected chi connectivity index (χ0v) is 20.8. The zero-order chi connectivity index (χ0) is 24.7. The van der Waals surface area contributed by atoms with Crippen molar-refractivity contribution in [2.45, 2.75) is 39.8 Å². The molecular formula is C26H31N3O4S. The van der Waals surface area contributed by atoms with Crippen LogP contribution in [0.25, 0.3) is 11.3 Å². The molecule has 1 atom stereocenters. The number of aromatic nitrogens is 1. The molecule has 3 rings (SSSR count). The van der Waals surface area contributed by atoms with E-state index in [0.29, 0.717) is 18.5 Å². The summed E-state index contributed by atoms with van der Waals surface area (Å²) in [4.78, 5) is 31.0. The van der Waals surface area contributed by atoms with Gasteiger partial charge in [0.15, 0.2) is 5.13 Å². The van der Waals surface area contributed by atoms with Crippen molar-refractivity contribution < 1.29 is 19.4 Å². The summed E-state index contributed by atoms with van der Waals surface area (Å²) in [5, 5.41) is 14.9. The van der Waals surface area contributed by atoms with E-state index in [4.69, 9.17) is 9.72 Å². The third kappa shape index (κ3) is 6.57. The minimum Gasteiger partial charge on any atom is -0.497 e. The molecule has 34 heavy (non-hydrogen) atoms. The van der Waals surface area contributed by atoms with Crippen molar-refractivity contribution in [3.05, 3.63) is 65.0 Å². The van der Waals surface area contributed by atoms with Gasteiger partial charge in [0.05, 0.1) is 12.8 Å². The molecule has 1 unspecified atom stereocenters. The number of thiazole rings is 1. The Balaban J connectivity index is 1.67. The van der Waals surface area contributed by atoms with Gasteiger partial charge < -0.3 is 20.1 Å². The van der Waals surface area contributed by atoms with Gasteiger partial charge in [-0.1, -0.05) is 38.1 Å². The molecule has 3 aromatic rings. The standard InChI is InChI=1S/C26H31N3O4S/c1-5-29(26-28-23(16-34-26)20-7-6-8-21(14-20)33-4)15-18-9-11-19(12-10-18)24(30)27-22(25(31)32)13-17(2)3/h6-12,14,16-17,22H,5,13,15H2,1-4H3,(H,27,30)(H,31,32). The van der Waals surface area contributed by atoms with Crippen molar-refractivity contribution >= 4 is 28.3 Å². The van der Waals surface area contributed by atoms with E-state index in [9.17, 15) is 14.7 Å². The highest BCUT2D eigenvalue weighted by molar-refractivity contribution is 7.14. The number of ether oxygens (including phenoxy) is 1. The maximum absolute atomic E-state index is 12.5. The number of rotatable bonds is 11. The van der Waals surface area contributed by atoms with Crippen LogP contribution >= 0.6 is 11.3 Å². The Bertz CT molecular complexity index is 1110. The molecule has 1 aromatic heterocycles. The molecular weight excluding hydrogens is 450 g/mol.